The van der Waals surface area contributed by atoms with E-state index in [0.717, 1.165) is 6.42 Å². The Labute approximate surface area is 112 Å². The molecule has 98 valence electrons. The van der Waals surface area contributed by atoms with Crippen molar-refractivity contribution in [2.45, 2.75) is 51.4 Å². The summed E-state index contributed by atoms with van der Waals surface area (Å²) < 4.78 is 0. The molecule has 1 N–H and O–H groups in total. The summed E-state index contributed by atoms with van der Waals surface area (Å²) in [5.74, 6) is 1.02. The SMILES string of the molecule is CCC1NC(c2cccs2)N(C2CC2CC)C1=O. The fourth-order valence-corrected chi connectivity index (χ4v) is 3.76. The van der Waals surface area contributed by atoms with Crippen LogP contribution in [0.3, 0.4) is 0 Å². The number of hydrogen-bond acceptors (Lipinski definition) is 3. The highest BCUT2D eigenvalue weighted by molar-refractivity contribution is 7.10. The van der Waals surface area contributed by atoms with E-state index in [2.05, 4.69) is 41.6 Å². The largest absolute Gasteiger partial charge is 0.317 e. The lowest BCUT2D eigenvalue weighted by atomic mass is 10.2. The van der Waals surface area contributed by atoms with Gasteiger partial charge in [-0.3, -0.25) is 10.1 Å². The van der Waals surface area contributed by atoms with Gasteiger partial charge in [0, 0.05) is 10.9 Å². The number of thiophene rings is 1. The number of carbonyl (C=O) groups is 1. The van der Waals surface area contributed by atoms with Crippen LogP contribution in [0.4, 0.5) is 0 Å². The Hall–Kier alpha value is -0.870. The molecule has 0 bridgehead atoms. The van der Waals surface area contributed by atoms with Crippen molar-refractivity contribution in [3.05, 3.63) is 22.4 Å². The first-order valence-electron chi connectivity index (χ1n) is 6.87. The third kappa shape index (κ3) is 1.88. The molecular weight excluding hydrogens is 244 g/mol. The Kier molecular flexibility index (Phi) is 3.16. The third-order valence-corrected chi connectivity index (χ3v) is 5.10. The number of hydrogen-bond donors (Lipinski definition) is 1. The first kappa shape index (κ1) is 12.2. The van der Waals surface area contributed by atoms with Gasteiger partial charge in [0.2, 0.25) is 5.91 Å². The molecule has 0 spiro atoms. The van der Waals surface area contributed by atoms with Gasteiger partial charge in [-0.15, -0.1) is 11.3 Å². The number of carbonyl (C=O) groups excluding carboxylic acids is 1. The summed E-state index contributed by atoms with van der Waals surface area (Å²) in [6, 6.07) is 4.67. The number of rotatable bonds is 4. The Balaban J connectivity index is 1.85. The third-order valence-electron chi connectivity index (χ3n) is 4.18. The van der Waals surface area contributed by atoms with Gasteiger partial charge in [0.25, 0.3) is 0 Å². The first-order valence-corrected chi connectivity index (χ1v) is 7.75. The lowest BCUT2D eigenvalue weighted by Crippen LogP contribution is -2.33. The second-order valence-corrected chi connectivity index (χ2v) is 6.24. The van der Waals surface area contributed by atoms with E-state index in [1.165, 1.54) is 17.7 Å². The summed E-state index contributed by atoms with van der Waals surface area (Å²) in [5, 5.41) is 5.58. The lowest BCUT2D eigenvalue weighted by molar-refractivity contribution is -0.130. The van der Waals surface area contributed by atoms with E-state index in [1.807, 2.05) is 0 Å². The number of nitrogens with zero attached hydrogens (tertiary/aromatic N) is 1. The molecule has 2 fully saturated rings. The van der Waals surface area contributed by atoms with Gasteiger partial charge in [-0.25, -0.2) is 0 Å². The number of amides is 1. The van der Waals surface area contributed by atoms with Crippen LogP contribution in [0.1, 0.15) is 44.2 Å². The van der Waals surface area contributed by atoms with Crippen LogP contribution in [0.25, 0.3) is 0 Å². The average molecular weight is 264 g/mol. The minimum atomic E-state index is 0.00945. The highest BCUT2D eigenvalue weighted by atomic mass is 32.1. The van der Waals surface area contributed by atoms with Crippen LogP contribution in [-0.4, -0.2) is 22.9 Å². The van der Waals surface area contributed by atoms with Crippen molar-refractivity contribution in [3.63, 3.8) is 0 Å². The van der Waals surface area contributed by atoms with Gasteiger partial charge in [0.05, 0.1) is 6.04 Å². The van der Waals surface area contributed by atoms with Crippen molar-refractivity contribution < 1.29 is 4.79 Å². The molecule has 1 aliphatic heterocycles. The summed E-state index contributed by atoms with van der Waals surface area (Å²) in [5.41, 5.74) is 0. The summed E-state index contributed by atoms with van der Waals surface area (Å²) >= 11 is 1.74. The molecule has 3 nitrogen and oxygen atoms in total. The zero-order chi connectivity index (χ0) is 12.7. The Morgan fingerprint density at radius 1 is 1.44 bits per heavy atom. The topological polar surface area (TPSA) is 32.3 Å². The van der Waals surface area contributed by atoms with E-state index in [0.29, 0.717) is 17.9 Å². The fraction of sp³-hybridized carbons (Fsp3) is 0.643. The van der Waals surface area contributed by atoms with Gasteiger partial charge in [-0.1, -0.05) is 26.3 Å². The minimum absolute atomic E-state index is 0.00945. The van der Waals surface area contributed by atoms with E-state index >= 15 is 0 Å². The van der Waals surface area contributed by atoms with Gasteiger partial charge in [-0.2, -0.15) is 0 Å². The van der Waals surface area contributed by atoms with Gasteiger partial charge in [0.1, 0.15) is 6.17 Å². The lowest BCUT2D eigenvalue weighted by Gasteiger charge is -2.23. The van der Waals surface area contributed by atoms with Crippen LogP contribution in [0.5, 0.6) is 0 Å². The van der Waals surface area contributed by atoms with Crippen molar-refractivity contribution in [2.75, 3.05) is 0 Å². The molecule has 1 aliphatic carbocycles. The quantitative estimate of drug-likeness (QED) is 0.907. The van der Waals surface area contributed by atoms with Crippen molar-refractivity contribution in [2.24, 2.45) is 5.92 Å². The van der Waals surface area contributed by atoms with E-state index in [9.17, 15) is 4.79 Å². The highest BCUT2D eigenvalue weighted by Gasteiger charge is 2.50. The molecule has 1 saturated heterocycles. The van der Waals surface area contributed by atoms with Crippen LogP contribution < -0.4 is 5.32 Å². The normalized spacial score (nSPS) is 35.2. The van der Waals surface area contributed by atoms with Gasteiger partial charge in [0.15, 0.2) is 0 Å². The van der Waals surface area contributed by atoms with Crippen molar-refractivity contribution in [1.29, 1.82) is 0 Å². The van der Waals surface area contributed by atoms with Crippen LogP contribution in [0, 0.1) is 5.92 Å². The van der Waals surface area contributed by atoms with Crippen LogP contribution >= 0.6 is 11.3 Å². The smallest absolute Gasteiger partial charge is 0.241 e. The molecule has 4 heteroatoms. The minimum Gasteiger partial charge on any atom is -0.317 e. The Bertz CT molecular complexity index is 431. The van der Waals surface area contributed by atoms with Gasteiger partial charge in [-0.05, 0) is 30.2 Å². The van der Waals surface area contributed by atoms with Crippen LogP contribution in [0.2, 0.25) is 0 Å². The molecule has 1 aromatic rings. The molecule has 3 rings (SSSR count). The zero-order valence-electron chi connectivity index (χ0n) is 10.9. The Morgan fingerprint density at radius 3 is 2.83 bits per heavy atom. The summed E-state index contributed by atoms with van der Waals surface area (Å²) in [6.45, 7) is 4.30. The van der Waals surface area contributed by atoms with Gasteiger partial charge >= 0.3 is 0 Å². The molecule has 2 aliphatic rings. The molecule has 2 heterocycles. The molecule has 1 amide bonds. The maximum atomic E-state index is 12.5. The van der Waals surface area contributed by atoms with Gasteiger partial charge < -0.3 is 4.90 Å². The molecule has 1 aromatic heterocycles. The molecule has 4 unspecified atom stereocenters. The van der Waals surface area contributed by atoms with E-state index in [4.69, 9.17) is 0 Å². The fourth-order valence-electron chi connectivity index (χ4n) is 2.97. The molecule has 18 heavy (non-hydrogen) atoms. The summed E-state index contributed by atoms with van der Waals surface area (Å²) in [6.07, 6.45) is 3.36. The molecule has 1 saturated carbocycles. The van der Waals surface area contributed by atoms with Crippen LogP contribution in [0.15, 0.2) is 17.5 Å². The first-order chi connectivity index (χ1) is 8.76. The number of nitrogens with one attached hydrogen (secondary N) is 1. The molecular formula is C14H20N2OS. The standard InChI is InChI=1S/C14H20N2OS/c1-3-9-8-11(9)16-13(12-6-5-7-18-12)15-10(4-2)14(16)17/h5-7,9-11,13,15H,3-4,8H2,1-2H3. The predicted octanol–water partition coefficient (Wildman–Crippen LogP) is 2.76. The summed E-state index contributed by atoms with van der Waals surface area (Å²) in [4.78, 5) is 15.8. The predicted molar refractivity (Wildman–Crippen MR) is 73.3 cm³/mol. The Morgan fingerprint density at radius 2 is 2.28 bits per heavy atom. The van der Waals surface area contributed by atoms with Crippen molar-refractivity contribution in [3.8, 4) is 0 Å². The van der Waals surface area contributed by atoms with E-state index in [1.54, 1.807) is 11.3 Å². The molecule has 0 radical (unpaired) electrons. The zero-order valence-corrected chi connectivity index (χ0v) is 11.7. The van der Waals surface area contributed by atoms with E-state index in [-0.39, 0.29) is 12.2 Å². The van der Waals surface area contributed by atoms with Crippen LogP contribution in [-0.2, 0) is 4.79 Å². The molecule has 4 atom stereocenters. The molecule has 0 aromatic carbocycles. The summed E-state index contributed by atoms with van der Waals surface area (Å²) in [7, 11) is 0. The van der Waals surface area contributed by atoms with E-state index < -0.39 is 0 Å². The average Bonchev–Trinajstić information content (AvgIpc) is 2.82. The monoisotopic (exact) mass is 264 g/mol. The van der Waals surface area contributed by atoms with Crippen molar-refractivity contribution in [1.82, 2.24) is 10.2 Å². The van der Waals surface area contributed by atoms with Crippen molar-refractivity contribution >= 4 is 17.2 Å². The maximum absolute atomic E-state index is 12.5. The maximum Gasteiger partial charge on any atom is 0.241 e. The second-order valence-electron chi connectivity index (χ2n) is 5.26. The second kappa shape index (κ2) is 4.67. The highest BCUT2D eigenvalue weighted by Crippen LogP contribution is 2.44.